The molecule has 2 aromatic heterocycles. The van der Waals surface area contributed by atoms with Crippen LogP contribution in [0.3, 0.4) is 0 Å². The number of urea groups is 1. The molecule has 0 atom stereocenters. The van der Waals surface area contributed by atoms with Gasteiger partial charge in [-0.3, -0.25) is 9.78 Å². The molecular weight excluding hydrogens is 546 g/mol. The van der Waals surface area contributed by atoms with Crippen LogP contribution in [-0.4, -0.2) is 72.2 Å². The molecule has 2 aliphatic rings. The fourth-order valence-corrected chi connectivity index (χ4v) is 4.76. The number of pyridine rings is 1. The summed E-state index contributed by atoms with van der Waals surface area (Å²) in [4.78, 5) is 43.0. The molecule has 12 nitrogen and oxygen atoms in total. The molecule has 0 aliphatic carbocycles. The number of hydrazine groups is 1. The molecule has 6 rings (SSSR count). The number of anilines is 3. The van der Waals surface area contributed by atoms with E-state index in [1.54, 1.807) is 50.5 Å². The zero-order chi connectivity index (χ0) is 29.8. The van der Waals surface area contributed by atoms with Crippen LogP contribution in [0.2, 0.25) is 0 Å². The van der Waals surface area contributed by atoms with Crippen molar-refractivity contribution in [2.24, 2.45) is 0 Å². The highest BCUT2D eigenvalue weighted by molar-refractivity contribution is 6.00. The van der Waals surface area contributed by atoms with Gasteiger partial charge in [0, 0.05) is 79.4 Å². The largest absolute Gasteiger partial charge is 0.378 e. The topological polar surface area (TPSA) is 137 Å². The van der Waals surface area contributed by atoms with E-state index in [1.807, 2.05) is 42.9 Å². The Morgan fingerprint density at radius 3 is 2.26 bits per heavy atom. The smallest absolute Gasteiger partial charge is 0.323 e. The van der Waals surface area contributed by atoms with E-state index < -0.39 is 6.03 Å². The summed E-state index contributed by atoms with van der Waals surface area (Å²) in [7, 11) is 3.39. The summed E-state index contributed by atoms with van der Waals surface area (Å²) in [5.41, 5.74) is 11.8. The van der Waals surface area contributed by atoms with Gasteiger partial charge in [-0.2, -0.15) is 0 Å². The Morgan fingerprint density at radius 1 is 0.907 bits per heavy atom. The lowest BCUT2D eigenvalue weighted by molar-refractivity contribution is 0.0827. The molecule has 12 heteroatoms. The first-order valence-electron chi connectivity index (χ1n) is 13.8. The molecular formula is C31H31N9O3. The Labute approximate surface area is 248 Å². The lowest BCUT2D eigenvalue weighted by Gasteiger charge is -2.28. The van der Waals surface area contributed by atoms with Crippen LogP contribution in [0.1, 0.15) is 15.9 Å². The van der Waals surface area contributed by atoms with Crippen LogP contribution in [0, 0.1) is 0 Å². The summed E-state index contributed by atoms with van der Waals surface area (Å²) in [6, 6.07) is 15.7. The van der Waals surface area contributed by atoms with Gasteiger partial charge < -0.3 is 36.0 Å². The predicted molar refractivity (Wildman–Crippen MR) is 166 cm³/mol. The number of hydrogen-bond donors (Lipinski definition) is 4. The van der Waals surface area contributed by atoms with Gasteiger partial charge in [-0.25, -0.2) is 14.8 Å². The molecule has 2 aromatic carbocycles. The quantitative estimate of drug-likeness (QED) is 0.269. The minimum Gasteiger partial charge on any atom is -0.378 e. The van der Waals surface area contributed by atoms with Crippen molar-refractivity contribution in [1.82, 2.24) is 30.7 Å². The number of nitrogens with one attached hydrogen (secondary N) is 4. The molecule has 1 fully saturated rings. The fraction of sp³-hybridized carbons (Fsp3) is 0.194. The number of carbonyl (C=O) groups is 2. The van der Waals surface area contributed by atoms with Gasteiger partial charge in [-0.05, 0) is 60.7 Å². The maximum atomic E-state index is 12.6. The van der Waals surface area contributed by atoms with Crippen LogP contribution in [0.15, 0.2) is 79.3 Å². The van der Waals surface area contributed by atoms with Gasteiger partial charge in [0.15, 0.2) is 11.6 Å². The van der Waals surface area contributed by atoms with Crippen LogP contribution in [0.4, 0.5) is 22.0 Å². The van der Waals surface area contributed by atoms with Crippen molar-refractivity contribution in [3.05, 3.63) is 90.4 Å². The summed E-state index contributed by atoms with van der Waals surface area (Å²) in [5.74, 6) is 1.22. The molecule has 0 saturated carbocycles. The van der Waals surface area contributed by atoms with Gasteiger partial charge in [0.1, 0.15) is 5.52 Å². The van der Waals surface area contributed by atoms with E-state index >= 15 is 0 Å². The van der Waals surface area contributed by atoms with Crippen LogP contribution >= 0.6 is 0 Å². The highest BCUT2D eigenvalue weighted by Crippen LogP contribution is 2.29. The van der Waals surface area contributed by atoms with Crippen LogP contribution in [-0.2, 0) is 4.74 Å². The van der Waals surface area contributed by atoms with E-state index in [9.17, 15) is 9.59 Å². The van der Waals surface area contributed by atoms with Crippen molar-refractivity contribution in [1.29, 1.82) is 0 Å². The number of ether oxygens (including phenoxy) is 1. The number of aromatic nitrogens is 3. The number of morpholine rings is 1. The maximum absolute atomic E-state index is 12.6. The lowest BCUT2D eigenvalue weighted by atomic mass is 10.1. The third-order valence-electron chi connectivity index (χ3n) is 7.02. The van der Waals surface area contributed by atoms with Gasteiger partial charge in [-0.15, -0.1) is 0 Å². The van der Waals surface area contributed by atoms with Crippen LogP contribution in [0.5, 0.6) is 0 Å². The number of hydrogen-bond acceptors (Lipinski definition) is 9. The Hall–Kier alpha value is -5.49. The first kappa shape index (κ1) is 27.7. The highest BCUT2D eigenvalue weighted by atomic mass is 16.5. The third-order valence-corrected chi connectivity index (χ3v) is 7.02. The molecule has 0 spiro atoms. The molecule has 218 valence electrons. The lowest BCUT2D eigenvalue weighted by Crippen LogP contribution is -2.37. The summed E-state index contributed by atoms with van der Waals surface area (Å²) in [5, 5.41) is 5.63. The Balaban J connectivity index is 1.23. The average molecular weight is 578 g/mol. The van der Waals surface area contributed by atoms with Crippen molar-refractivity contribution in [3.8, 4) is 11.4 Å². The summed E-state index contributed by atoms with van der Waals surface area (Å²) in [6.07, 6.45) is 7.50. The van der Waals surface area contributed by atoms with Crippen LogP contribution in [0.25, 0.3) is 28.0 Å². The number of fused-ring (bicyclic) bond motifs is 1. The van der Waals surface area contributed by atoms with Crippen molar-refractivity contribution in [2.45, 2.75) is 0 Å². The number of amides is 3. The van der Waals surface area contributed by atoms with Crippen molar-refractivity contribution < 1.29 is 14.3 Å². The van der Waals surface area contributed by atoms with E-state index in [0.717, 1.165) is 33.6 Å². The number of nitrogens with zero attached hydrogens (tertiary/aromatic N) is 5. The van der Waals surface area contributed by atoms with Crippen molar-refractivity contribution >= 4 is 45.7 Å². The fourth-order valence-electron chi connectivity index (χ4n) is 4.76. The molecule has 43 heavy (non-hydrogen) atoms. The Kier molecular flexibility index (Phi) is 7.83. The van der Waals surface area contributed by atoms with E-state index in [0.29, 0.717) is 49.1 Å². The molecule has 1 saturated heterocycles. The molecule has 4 heterocycles. The van der Waals surface area contributed by atoms with Gasteiger partial charge >= 0.3 is 6.03 Å². The molecule has 2 aliphatic heterocycles. The second-order valence-corrected chi connectivity index (χ2v) is 10.2. The van der Waals surface area contributed by atoms with E-state index in [-0.39, 0.29) is 5.91 Å². The van der Waals surface area contributed by atoms with Crippen LogP contribution < -0.4 is 26.4 Å². The molecule has 3 amide bonds. The van der Waals surface area contributed by atoms with E-state index in [2.05, 4.69) is 26.4 Å². The Morgan fingerprint density at radius 2 is 1.60 bits per heavy atom. The number of carbonyl (C=O) groups excluding carboxylic acids is 2. The molecule has 0 bridgehead atoms. The molecule has 4 N–H and O–H groups in total. The van der Waals surface area contributed by atoms with Gasteiger partial charge in [0.2, 0.25) is 0 Å². The Bertz CT molecular complexity index is 1710. The summed E-state index contributed by atoms with van der Waals surface area (Å²) < 4.78 is 5.56. The summed E-state index contributed by atoms with van der Waals surface area (Å²) >= 11 is 0. The van der Waals surface area contributed by atoms with Gasteiger partial charge in [0.25, 0.3) is 5.91 Å². The second kappa shape index (κ2) is 12.2. The minimum atomic E-state index is -0.398. The predicted octanol–water partition coefficient (Wildman–Crippen LogP) is 3.84. The van der Waals surface area contributed by atoms with Gasteiger partial charge in [0.05, 0.1) is 18.7 Å². The third kappa shape index (κ3) is 6.23. The van der Waals surface area contributed by atoms with E-state index in [4.69, 9.17) is 19.7 Å². The van der Waals surface area contributed by atoms with Gasteiger partial charge in [-0.1, -0.05) is 0 Å². The SMILES string of the molecule is CN(C)C(=O)c1ccc(NC(=O)Nc2ccc(-c3nc(N4CCOCC4)c4ncc(C5=CNNC=C5)cc4n3)cc2)cc1. The number of allylic oxidation sites excluding steroid dienone is 2. The van der Waals surface area contributed by atoms with E-state index in [1.165, 1.54) is 4.90 Å². The van der Waals surface area contributed by atoms with Crippen molar-refractivity contribution in [3.63, 3.8) is 0 Å². The second-order valence-electron chi connectivity index (χ2n) is 10.2. The molecule has 0 radical (unpaired) electrons. The minimum absolute atomic E-state index is 0.103. The number of rotatable bonds is 6. The molecule has 0 unspecified atom stereocenters. The zero-order valence-electron chi connectivity index (χ0n) is 23.8. The summed E-state index contributed by atoms with van der Waals surface area (Å²) in [6.45, 7) is 2.67. The zero-order valence-corrected chi connectivity index (χ0v) is 23.8. The average Bonchev–Trinajstić information content (AvgIpc) is 3.05. The molecule has 4 aromatic rings. The maximum Gasteiger partial charge on any atom is 0.323 e. The first-order chi connectivity index (χ1) is 20.9. The monoisotopic (exact) mass is 577 g/mol. The highest BCUT2D eigenvalue weighted by Gasteiger charge is 2.20. The standard InChI is InChI=1S/C31H31N9O3/c1-39(2)30(41)21-5-9-25(10-6-21)36-31(42)35-24-7-3-20(4-8-24)28-37-26-17-23(22-11-12-33-34-19-22)18-32-27(26)29(38-28)40-13-15-43-16-14-40/h3-12,17-19,33-34H,13-16H2,1-2H3,(H2,35,36,42). The number of benzene rings is 2. The van der Waals surface area contributed by atoms with Crippen molar-refractivity contribution in [2.75, 3.05) is 55.9 Å². The first-order valence-corrected chi connectivity index (χ1v) is 13.8. The normalized spacial score (nSPS) is 14.4.